The second-order valence-corrected chi connectivity index (χ2v) is 6.26. The first-order valence-electron chi connectivity index (χ1n) is 7.70. The van der Waals surface area contributed by atoms with E-state index in [-0.39, 0.29) is 0 Å². The summed E-state index contributed by atoms with van der Waals surface area (Å²) in [6.07, 6.45) is 2.51. The lowest BCUT2D eigenvalue weighted by molar-refractivity contribution is 0.149. The first-order chi connectivity index (χ1) is 10.7. The van der Waals surface area contributed by atoms with Crippen LogP contribution in [0.3, 0.4) is 0 Å². The molecule has 1 N–H and O–H groups in total. The molecule has 5 nitrogen and oxygen atoms in total. The van der Waals surface area contributed by atoms with Crippen molar-refractivity contribution in [1.82, 2.24) is 20.4 Å². The summed E-state index contributed by atoms with van der Waals surface area (Å²) in [4.78, 5) is 6.88. The minimum Gasteiger partial charge on any atom is -0.338 e. The molecule has 1 aromatic heterocycles. The quantitative estimate of drug-likeness (QED) is 0.918. The van der Waals surface area contributed by atoms with Gasteiger partial charge in [-0.3, -0.25) is 4.90 Å². The van der Waals surface area contributed by atoms with E-state index in [1.807, 2.05) is 31.3 Å². The van der Waals surface area contributed by atoms with Gasteiger partial charge in [-0.05, 0) is 51.0 Å². The third-order valence-corrected chi connectivity index (χ3v) is 4.24. The molecule has 1 unspecified atom stereocenters. The molecule has 1 aliphatic heterocycles. The van der Waals surface area contributed by atoms with Crippen LogP contribution in [-0.2, 0) is 6.54 Å². The van der Waals surface area contributed by atoms with Crippen LogP contribution in [0.15, 0.2) is 28.8 Å². The molecule has 1 aromatic carbocycles. The van der Waals surface area contributed by atoms with Gasteiger partial charge in [0.15, 0.2) is 0 Å². The van der Waals surface area contributed by atoms with E-state index >= 15 is 0 Å². The van der Waals surface area contributed by atoms with Crippen LogP contribution in [0.2, 0.25) is 5.02 Å². The molecule has 0 amide bonds. The number of hydrogen-bond acceptors (Lipinski definition) is 5. The summed E-state index contributed by atoms with van der Waals surface area (Å²) >= 11 is 6.00. The highest BCUT2D eigenvalue weighted by atomic mass is 35.5. The Morgan fingerprint density at radius 1 is 1.45 bits per heavy atom. The predicted octanol–water partition coefficient (Wildman–Crippen LogP) is 2.82. The molecular formula is C16H21ClN4O. The van der Waals surface area contributed by atoms with E-state index < -0.39 is 0 Å². The number of nitrogens with one attached hydrogen (secondary N) is 1. The van der Waals surface area contributed by atoms with E-state index in [2.05, 4.69) is 20.4 Å². The van der Waals surface area contributed by atoms with Crippen LogP contribution in [0.4, 0.5) is 0 Å². The lowest BCUT2D eigenvalue weighted by Gasteiger charge is -2.31. The Balaban J connectivity index is 1.64. The van der Waals surface area contributed by atoms with Crippen molar-refractivity contribution in [3.63, 3.8) is 0 Å². The Bertz CT molecular complexity index is 614. The van der Waals surface area contributed by atoms with Crippen LogP contribution < -0.4 is 5.32 Å². The first-order valence-corrected chi connectivity index (χ1v) is 8.08. The second-order valence-electron chi connectivity index (χ2n) is 5.82. The number of nitrogens with zero attached hydrogens (tertiary/aromatic N) is 3. The predicted molar refractivity (Wildman–Crippen MR) is 86.7 cm³/mol. The van der Waals surface area contributed by atoms with Crippen LogP contribution >= 0.6 is 11.6 Å². The zero-order chi connectivity index (χ0) is 15.4. The van der Waals surface area contributed by atoms with Gasteiger partial charge in [0.2, 0.25) is 11.7 Å². The Morgan fingerprint density at radius 2 is 2.36 bits per heavy atom. The monoisotopic (exact) mass is 320 g/mol. The van der Waals surface area contributed by atoms with Gasteiger partial charge in [0.25, 0.3) is 0 Å². The van der Waals surface area contributed by atoms with Crippen molar-refractivity contribution in [2.24, 2.45) is 5.92 Å². The van der Waals surface area contributed by atoms with Crippen molar-refractivity contribution in [3.8, 4) is 11.4 Å². The number of halogens is 1. The molecule has 0 aliphatic carbocycles. The molecule has 1 aliphatic rings. The molecule has 0 saturated carbocycles. The molecule has 0 radical (unpaired) electrons. The molecular weight excluding hydrogens is 300 g/mol. The normalized spacial score (nSPS) is 19.5. The summed E-state index contributed by atoms with van der Waals surface area (Å²) in [5.41, 5.74) is 0.884. The minimum atomic E-state index is 0.598. The highest BCUT2D eigenvalue weighted by molar-refractivity contribution is 6.30. The summed E-state index contributed by atoms with van der Waals surface area (Å²) in [7, 11) is 2.01. The van der Waals surface area contributed by atoms with E-state index in [9.17, 15) is 0 Å². The Morgan fingerprint density at radius 3 is 3.18 bits per heavy atom. The molecule has 1 atom stereocenters. The maximum absolute atomic E-state index is 6.00. The first kappa shape index (κ1) is 15.5. The summed E-state index contributed by atoms with van der Waals surface area (Å²) in [5, 5.41) is 8.00. The van der Waals surface area contributed by atoms with Gasteiger partial charge in [0.05, 0.1) is 6.54 Å². The standard InChI is InChI=1S/C16H21ClN4O/c1-18-9-12-4-3-7-21(10-12)11-15-19-16(20-22-15)13-5-2-6-14(17)8-13/h2,5-6,8,12,18H,3-4,7,9-11H2,1H3. The van der Waals surface area contributed by atoms with Crippen molar-refractivity contribution in [2.45, 2.75) is 19.4 Å². The number of hydrogen-bond donors (Lipinski definition) is 1. The molecule has 0 spiro atoms. The average Bonchev–Trinajstić information content (AvgIpc) is 2.96. The lowest BCUT2D eigenvalue weighted by Crippen LogP contribution is -2.38. The molecule has 6 heteroatoms. The second kappa shape index (κ2) is 7.22. The van der Waals surface area contributed by atoms with Crippen LogP contribution in [0.1, 0.15) is 18.7 Å². The number of aromatic nitrogens is 2. The summed E-state index contributed by atoms with van der Waals surface area (Å²) in [5.74, 6) is 1.97. The summed E-state index contributed by atoms with van der Waals surface area (Å²) in [6.45, 7) is 3.95. The van der Waals surface area contributed by atoms with Crippen LogP contribution in [0.25, 0.3) is 11.4 Å². The highest BCUT2D eigenvalue weighted by Gasteiger charge is 2.21. The van der Waals surface area contributed by atoms with Crippen LogP contribution in [0.5, 0.6) is 0 Å². The van der Waals surface area contributed by atoms with E-state index in [1.54, 1.807) is 0 Å². The number of benzene rings is 1. The summed E-state index contributed by atoms with van der Waals surface area (Å²) in [6, 6.07) is 7.51. The van der Waals surface area contributed by atoms with E-state index in [1.165, 1.54) is 12.8 Å². The molecule has 1 fully saturated rings. The molecule has 1 saturated heterocycles. The smallest absolute Gasteiger partial charge is 0.241 e. The Kier molecular flexibility index (Phi) is 5.08. The van der Waals surface area contributed by atoms with Crippen molar-refractivity contribution < 1.29 is 4.52 Å². The third kappa shape index (κ3) is 3.85. The van der Waals surface area contributed by atoms with Gasteiger partial charge in [-0.1, -0.05) is 28.9 Å². The van der Waals surface area contributed by atoms with E-state index in [0.717, 1.165) is 25.2 Å². The third-order valence-electron chi connectivity index (χ3n) is 4.01. The van der Waals surface area contributed by atoms with Crippen molar-refractivity contribution in [1.29, 1.82) is 0 Å². The van der Waals surface area contributed by atoms with Gasteiger partial charge in [0, 0.05) is 17.1 Å². The largest absolute Gasteiger partial charge is 0.338 e. The Hall–Kier alpha value is -1.43. The fraction of sp³-hybridized carbons (Fsp3) is 0.500. The lowest BCUT2D eigenvalue weighted by atomic mass is 9.98. The van der Waals surface area contributed by atoms with E-state index in [0.29, 0.717) is 29.2 Å². The van der Waals surface area contributed by atoms with Gasteiger partial charge >= 0.3 is 0 Å². The van der Waals surface area contributed by atoms with Gasteiger partial charge in [0.1, 0.15) is 0 Å². The maximum atomic E-state index is 6.00. The molecule has 3 rings (SSSR count). The Labute approximate surface area is 135 Å². The van der Waals surface area contributed by atoms with Gasteiger partial charge in [-0.15, -0.1) is 0 Å². The molecule has 2 heterocycles. The van der Waals surface area contributed by atoms with Gasteiger partial charge in [-0.2, -0.15) is 4.98 Å². The molecule has 22 heavy (non-hydrogen) atoms. The average molecular weight is 321 g/mol. The fourth-order valence-electron chi connectivity index (χ4n) is 3.01. The number of piperidine rings is 1. The molecule has 2 aromatic rings. The van der Waals surface area contributed by atoms with Gasteiger partial charge in [-0.25, -0.2) is 0 Å². The van der Waals surface area contributed by atoms with Gasteiger partial charge < -0.3 is 9.84 Å². The minimum absolute atomic E-state index is 0.598. The van der Waals surface area contributed by atoms with Crippen LogP contribution in [-0.4, -0.2) is 41.7 Å². The van der Waals surface area contributed by atoms with Crippen LogP contribution in [0, 0.1) is 5.92 Å². The van der Waals surface area contributed by atoms with E-state index in [4.69, 9.17) is 16.1 Å². The molecule has 118 valence electrons. The van der Waals surface area contributed by atoms with Crippen molar-refractivity contribution >= 4 is 11.6 Å². The molecule has 0 bridgehead atoms. The summed E-state index contributed by atoms with van der Waals surface area (Å²) < 4.78 is 5.40. The van der Waals surface area contributed by atoms with Crippen molar-refractivity contribution in [3.05, 3.63) is 35.2 Å². The van der Waals surface area contributed by atoms with Crippen molar-refractivity contribution in [2.75, 3.05) is 26.7 Å². The number of rotatable bonds is 5. The maximum Gasteiger partial charge on any atom is 0.241 e. The fourth-order valence-corrected chi connectivity index (χ4v) is 3.20. The topological polar surface area (TPSA) is 54.2 Å². The highest BCUT2D eigenvalue weighted by Crippen LogP contribution is 2.21. The number of likely N-dealkylation sites (tertiary alicyclic amines) is 1. The zero-order valence-electron chi connectivity index (χ0n) is 12.8. The zero-order valence-corrected chi connectivity index (χ0v) is 13.5. The SMILES string of the molecule is CNCC1CCCN(Cc2nc(-c3cccc(Cl)c3)no2)C1.